The highest BCUT2D eigenvalue weighted by Gasteiger charge is 2.12. The Hall–Kier alpha value is -1.05. The number of rotatable bonds is 6. The first-order valence-corrected chi connectivity index (χ1v) is 8.76. The van der Waals surface area contributed by atoms with Crippen LogP contribution in [-0.2, 0) is 22.4 Å². The maximum atomic E-state index is 10.1. The first-order valence-electron chi connectivity index (χ1n) is 7.25. The Morgan fingerprint density at radius 2 is 1.40 bits per heavy atom. The molecule has 0 spiro atoms. The van der Waals surface area contributed by atoms with E-state index in [0.717, 1.165) is 5.56 Å². The Labute approximate surface area is 165 Å². The molecule has 0 bridgehead atoms. The Kier molecular flexibility index (Phi) is 10.2. The lowest BCUT2D eigenvalue weighted by Crippen LogP contribution is -2.12. The van der Waals surface area contributed by atoms with Crippen molar-refractivity contribution in [2.45, 2.75) is 32.8 Å². The summed E-state index contributed by atoms with van der Waals surface area (Å²) < 4.78 is 5.38. The molecule has 2 rings (SSSR count). The summed E-state index contributed by atoms with van der Waals surface area (Å²) >= 11 is 23.0. The SMILES string of the molecule is CCOC(C)Cc1c(Cl)ncnc1Cl.O=CCc1c(Cl)ncnc1Cl. The number of ether oxygens (including phenoxy) is 1. The molecule has 0 amide bonds. The third kappa shape index (κ3) is 7.38. The van der Waals surface area contributed by atoms with Gasteiger partial charge in [0.25, 0.3) is 0 Å². The zero-order valence-corrected chi connectivity index (χ0v) is 16.6. The highest BCUT2D eigenvalue weighted by atomic mass is 35.5. The molecule has 1 atom stereocenters. The predicted octanol–water partition coefficient (Wildman–Crippen LogP) is 4.28. The van der Waals surface area contributed by atoms with Crippen LogP contribution in [0.15, 0.2) is 12.7 Å². The Balaban J connectivity index is 0.000000257. The minimum atomic E-state index is 0.0704. The van der Waals surface area contributed by atoms with Crippen molar-refractivity contribution in [1.29, 1.82) is 0 Å². The van der Waals surface area contributed by atoms with Crippen molar-refractivity contribution in [3.8, 4) is 0 Å². The quantitative estimate of drug-likeness (QED) is 0.507. The Bertz CT molecular complexity index is 663. The molecule has 0 radical (unpaired) electrons. The third-order valence-corrected chi connectivity index (χ3v) is 4.21. The normalized spacial score (nSPS) is 11.4. The van der Waals surface area contributed by atoms with E-state index in [1.807, 2.05) is 13.8 Å². The van der Waals surface area contributed by atoms with Gasteiger partial charge in [0.2, 0.25) is 0 Å². The highest BCUT2D eigenvalue weighted by molar-refractivity contribution is 6.35. The standard InChI is InChI=1S/C9H12Cl2N2O.C6H4Cl2N2O/c1-3-14-6(2)4-7-8(10)12-5-13-9(7)11;7-5-4(1-2-11)6(8)10-3-9-5/h5-6H,3-4H2,1-2H3;2-3H,1H2. The number of hydrogen-bond acceptors (Lipinski definition) is 6. The first-order chi connectivity index (χ1) is 11.9. The van der Waals surface area contributed by atoms with Gasteiger partial charge in [-0.15, -0.1) is 0 Å². The van der Waals surface area contributed by atoms with E-state index >= 15 is 0 Å². The molecule has 0 aliphatic carbocycles. The van der Waals surface area contributed by atoms with Crippen molar-refractivity contribution in [3.05, 3.63) is 44.4 Å². The van der Waals surface area contributed by atoms with Crippen molar-refractivity contribution >= 4 is 52.7 Å². The van der Waals surface area contributed by atoms with Crippen LogP contribution in [0.4, 0.5) is 0 Å². The summed E-state index contributed by atoms with van der Waals surface area (Å²) in [4.78, 5) is 25.2. The summed E-state index contributed by atoms with van der Waals surface area (Å²) in [6.45, 7) is 4.58. The topological polar surface area (TPSA) is 77.9 Å². The summed E-state index contributed by atoms with van der Waals surface area (Å²) in [6, 6.07) is 0. The average Bonchev–Trinajstić information content (AvgIpc) is 2.56. The van der Waals surface area contributed by atoms with Crippen LogP contribution in [0.25, 0.3) is 0 Å². The van der Waals surface area contributed by atoms with Gasteiger partial charge in [0.1, 0.15) is 39.6 Å². The highest BCUT2D eigenvalue weighted by Crippen LogP contribution is 2.22. The zero-order chi connectivity index (χ0) is 18.8. The second-order valence-corrected chi connectivity index (χ2v) is 6.14. The molecule has 0 aliphatic heterocycles. The van der Waals surface area contributed by atoms with Crippen LogP contribution in [0, 0.1) is 0 Å². The van der Waals surface area contributed by atoms with Crippen LogP contribution < -0.4 is 0 Å². The van der Waals surface area contributed by atoms with Gasteiger partial charge in [0, 0.05) is 30.6 Å². The number of hydrogen-bond donors (Lipinski definition) is 0. The molecule has 0 N–H and O–H groups in total. The second kappa shape index (κ2) is 11.5. The smallest absolute Gasteiger partial charge is 0.137 e. The molecule has 0 aromatic carbocycles. The number of aldehydes is 1. The lowest BCUT2D eigenvalue weighted by atomic mass is 10.2. The van der Waals surface area contributed by atoms with E-state index in [0.29, 0.717) is 35.2 Å². The van der Waals surface area contributed by atoms with E-state index in [1.165, 1.54) is 12.7 Å². The fourth-order valence-corrected chi connectivity index (χ4v) is 2.73. The largest absolute Gasteiger partial charge is 0.378 e. The predicted molar refractivity (Wildman–Crippen MR) is 98.7 cm³/mol. The van der Waals surface area contributed by atoms with Gasteiger partial charge in [0.15, 0.2) is 0 Å². The summed E-state index contributed by atoms with van der Waals surface area (Å²) in [5.41, 5.74) is 1.22. The molecule has 0 fully saturated rings. The van der Waals surface area contributed by atoms with Gasteiger partial charge in [-0.05, 0) is 13.8 Å². The number of nitrogens with zero attached hydrogens (tertiary/aromatic N) is 4. The van der Waals surface area contributed by atoms with E-state index < -0.39 is 0 Å². The minimum absolute atomic E-state index is 0.0704. The van der Waals surface area contributed by atoms with E-state index in [1.54, 1.807) is 0 Å². The van der Waals surface area contributed by atoms with E-state index in [-0.39, 0.29) is 22.8 Å². The van der Waals surface area contributed by atoms with Crippen LogP contribution in [0.2, 0.25) is 20.6 Å². The molecule has 25 heavy (non-hydrogen) atoms. The summed E-state index contributed by atoms with van der Waals surface area (Å²) in [7, 11) is 0. The van der Waals surface area contributed by atoms with Gasteiger partial charge in [0.05, 0.1) is 6.10 Å². The molecule has 1 unspecified atom stereocenters. The van der Waals surface area contributed by atoms with E-state index in [4.69, 9.17) is 51.1 Å². The Morgan fingerprint density at radius 3 is 1.80 bits per heavy atom. The van der Waals surface area contributed by atoms with Crippen molar-refractivity contribution < 1.29 is 9.53 Å². The molecule has 6 nitrogen and oxygen atoms in total. The van der Waals surface area contributed by atoms with E-state index in [9.17, 15) is 4.79 Å². The lowest BCUT2D eigenvalue weighted by molar-refractivity contribution is -0.107. The van der Waals surface area contributed by atoms with Gasteiger partial charge in [-0.1, -0.05) is 46.4 Å². The maximum absolute atomic E-state index is 10.1. The number of carbonyl (C=O) groups is 1. The summed E-state index contributed by atoms with van der Waals surface area (Å²) in [5.74, 6) is 0. The summed E-state index contributed by atoms with van der Waals surface area (Å²) in [5, 5.41) is 1.27. The van der Waals surface area contributed by atoms with Crippen LogP contribution >= 0.6 is 46.4 Å². The van der Waals surface area contributed by atoms with Crippen molar-refractivity contribution in [1.82, 2.24) is 19.9 Å². The van der Waals surface area contributed by atoms with Gasteiger partial charge in [-0.3, -0.25) is 0 Å². The number of aromatic nitrogens is 4. The second-order valence-electron chi connectivity index (χ2n) is 4.71. The molecule has 2 aromatic heterocycles. The molecule has 2 aromatic rings. The van der Waals surface area contributed by atoms with Crippen molar-refractivity contribution in [3.63, 3.8) is 0 Å². The molecular weight excluding hydrogens is 410 g/mol. The van der Waals surface area contributed by atoms with Gasteiger partial charge < -0.3 is 9.53 Å². The van der Waals surface area contributed by atoms with Crippen LogP contribution in [0.3, 0.4) is 0 Å². The van der Waals surface area contributed by atoms with Gasteiger partial charge in [-0.2, -0.15) is 0 Å². The zero-order valence-electron chi connectivity index (χ0n) is 13.5. The number of halogens is 4. The van der Waals surface area contributed by atoms with Crippen molar-refractivity contribution in [2.75, 3.05) is 6.61 Å². The fourth-order valence-electron chi connectivity index (χ4n) is 1.79. The van der Waals surface area contributed by atoms with Crippen LogP contribution in [0.5, 0.6) is 0 Å². The molecule has 10 heteroatoms. The monoisotopic (exact) mass is 424 g/mol. The third-order valence-electron chi connectivity index (χ3n) is 2.91. The van der Waals surface area contributed by atoms with Gasteiger partial charge in [-0.25, -0.2) is 19.9 Å². The first kappa shape index (κ1) is 22.0. The molecule has 0 saturated carbocycles. The molecule has 0 aliphatic rings. The van der Waals surface area contributed by atoms with Crippen LogP contribution in [0.1, 0.15) is 25.0 Å². The molecule has 136 valence electrons. The maximum Gasteiger partial charge on any atom is 0.137 e. The average molecular weight is 426 g/mol. The van der Waals surface area contributed by atoms with Crippen LogP contribution in [-0.4, -0.2) is 38.9 Å². The number of carbonyl (C=O) groups excluding carboxylic acids is 1. The lowest BCUT2D eigenvalue weighted by Gasteiger charge is -2.12. The minimum Gasteiger partial charge on any atom is -0.378 e. The fraction of sp³-hybridized carbons (Fsp3) is 0.400. The molecule has 0 saturated heterocycles. The molecule has 2 heterocycles. The van der Waals surface area contributed by atoms with E-state index in [2.05, 4.69) is 19.9 Å². The summed E-state index contributed by atoms with van der Waals surface area (Å²) in [6.07, 6.45) is 4.15. The Morgan fingerprint density at radius 1 is 0.960 bits per heavy atom. The van der Waals surface area contributed by atoms with Gasteiger partial charge >= 0.3 is 0 Å². The van der Waals surface area contributed by atoms with Crippen molar-refractivity contribution in [2.24, 2.45) is 0 Å². The molecular formula is C15H16Cl4N4O2.